The number of sulfonamides is 1. The Morgan fingerprint density at radius 2 is 2.12 bits per heavy atom. The second-order valence-electron chi connectivity index (χ2n) is 3.59. The lowest BCUT2D eigenvalue weighted by molar-refractivity contribution is 0.475. The first-order chi connectivity index (χ1) is 7.25. The molecule has 0 radical (unpaired) electrons. The largest absolute Gasteiger partial charge is 0.252 e. The van der Waals surface area contributed by atoms with Gasteiger partial charge in [0, 0.05) is 18.4 Å². The van der Waals surface area contributed by atoms with Gasteiger partial charge in [-0.15, -0.1) is 11.3 Å². The second kappa shape index (κ2) is 5.48. The predicted octanol–water partition coefficient (Wildman–Crippen LogP) is 3.22. The Labute approximate surface area is 117 Å². The van der Waals surface area contributed by atoms with Crippen LogP contribution in [0, 0.1) is 6.92 Å². The van der Waals surface area contributed by atoms with Gasteiger partial charge in [-0.05, 0) is 34.5 Å². The number of halogens is 2. The molecule has 0 aliphatic rings. The minimum absolute atomic E-state index is 0.136. The fourth-order valence-electron chi connectivity index (χ4n) is 1.16. The van der Waals surface area contributed by atoms with E-state index in [1.807, 2.05) is 13.8 Å². The van der Waals surface area contributed by atoms with Gasteiger partial charge in [0.1, 0.15) is 4.21 Å². The fourth-order valence-corrected chi connectivity index (χ4v) is 5.49. The summed E-state index contributed by atoms with van der Waals surface area (Å²) < 4.78 is 26.9. The van der Waals surface area contributed by atoms with Crippen molar-refractivity contribution in [3.63, 3.8) is 0 Å². The van der Waals surface area contributed by atoms with Gasteiger partial charge in [-0.3, -0.25) is 0 Å². The van der Waals surface area contributed by atoms with Gasteiger partial charge in [0.15, 0.2) is 0 Å². The van der Waals surface area contributed by atoms with E-state index in [9.17, 15) is 8.42 Å². The van der Waals surface area contributed by atoms with Crippen LogP contribution in [0.15, 0.2) is 14.1 Å². The molecule has 7 heteroatoms. The predicted molar refractivity (Wildman–Crippen MR) is 75.0 cm³/mol. The van der Waals surface area contributed by atoms with Gasteiger partial charge in [0.25, 0.3) is 10.0 Å². The number of alkyl halides is 1. The molecule has 1 unspecified atom stereocenters. The maximum atomic E-state index is 12.1. The highest BCUT2D eigenvalue weighted by Crippen LogP contribution is 2.32. The minimum atomic E-state index is -3.34. The third kappa shape index (κ3) is 3.29. The molecular weight excluding hydrogens is 378 g/mol. The summed E-state index contributed by atoms with van der Waals surface area (Å²) in [5.74, 6) is 0. The van der Waals surface area contributed by atoms with Gasteiger partial charge in [-0.25, -0.2) is 8.42 Å². The Balaban J connectivity index is 3.02. The molecule has 0 aliphatic carbocycles. The molecule has 0 saturated heterocycles. The van der Waals surface area contributed by atoms with Gasteiger partial charge in [-0.2, -0.15) is 4.31 Å². The average Bonchev–Trinajstić information content (AvgIpc) is 2.46. The number of thiophene rings is 1. The standard InChI is InChI=1S/C9H13Br2NO2S2/c1-6-4-8(15-9(6)11)16(13,14)12(3)5-7(2)10/h4,7H,5H2,1-3H3. The highest BCUT2D eigenvalue weighted by atomic mass is 79.9. The molecule has 1 aromatic rings. The molecule has 92 valence electrons. The molecule has 0 bridgehead atoms. The van der Waals surface area contributed by atoms with Gasteiger partial charge < -0.3 is 0 Å². The quantitative estimate of drug-likeness (QED) is 0.740. The molecule has 0 aliphatic heterocycles. The van der Waals surface area contributed by atoms with E-state index in [0.717, 1.165) is 9.35 Å². The number of nitrogens with zero attached hydrogens (tertiary/aromatic N) is 1. The highest BCUT2D eigenvalue weighted by Gasteiger charge is 2.24. The Morgan fingerprint density at radius 1 is 1.56 bits per heavy atom. The molecule has 1 heterocycles. The van der Waals surface area contributed by atoms with E-state index in [2.05, 4.69) is 31.9 Å². The Morgan fingerprint density at radius 3 is 2.50 bits per heavy atom. The Hall–Kier alpha value is 0.570. The van der Waals surface area contributed by atoms with E-state index in [-0.39, 0.29) is 4.83 Å². The third-order valence-electron chi connectivity index (χ3n) is 2.01. The Kier molecular flexibility index (Phi) is 5.01. The zero-order chi connectivity index (χ0) is 12.5. The van der Waals surface area contributed by atoms with Crippen LogP contribution in [0.2, 0.25) is 0 Å². The molecule has 0 N–H and O–H groups in total. The van der Waals surface area contributed by atoms with Crippen molar-refractivity contribution in [2.45, 2.75) is 22.9 Å². The van der Waals surface area contributed by atoms with Crippen molar-refractivity contribution in [1.82, 2.24) is 4.31 Å². The van der Waals surface area contributed by atoms with Crippen molar-refractivity contribution >= 4 is 53.2 Å². The molecule has 0 spiro atoms. The summed E-state index contributed by atoms with van der Waals surface area (Å²) in [6.45, 7) is 4.26. The number of hydrogen-bond acceptors (Lipinski definition) is 3. The van der Waals surface area contributed by atoms with E-state index in [1.165, 1.54) is 15.6 Å². The van der Waals surface area contributed by atoms with Crippen LogP contribution in [0.25, 0.3) is 0 Å². The molecule has 0 aromatic carbocycles. The smallest absolute Gasteiger partial charge is 0.206 e. The van der Waals surface area contributed by atoms with Gasteiger partial charge in [0.05, 0.1) is 3.79 Å². The third-order valence-corrected chi connectivity index (χ3v) is 6.71. The molecule has 0 amide bonds. The first-order valence-electron chi connectivity index (χ1n) is 4.61. The maximum absolute atomic E-state index is 12.1. The van der Waals surface area contributed by atoms with E-state index in [4.69, 9.17) is 0 Å². The number of rotatable bonds is 4. The van der Waals surface area contributed by atoms with Crippen molar-refractivity contribution in [1.29, 1.82) is 0 Å². The summed E-state index contributed by atoms with van der Waals surface area (Å²) in [5.41, 5.74) is 0.948. The second-order valence-corrected chi connectivity index (χ2v) is 9.79. The van der Waals surface area contributed by atoms with Crippen LogP contribution in [-0.2, 0) is 10.0 Å². The summed E-state index contributed by atoms with van der Waals surface area (Å²) in [6, 6.07) is 1.69. The molecular formula is C9H13Br2NO2S2. The summed E-state index contributed by atoms with van der Waals surface area (Å²) in [4.78, 5) is 0.136. The summed E-state index contributed by atoms with van der Waals surface area (Å²) >= 11 is 7.93. The molecule has 1 rings (SSSR count). The topological polar surface area (TPSA) is 37.4 Å². The SMILES string of the molecule is Cc1cc(S(=O)(=O)N(C)CC(C)Br)sc1Br. The molecule has 16 heavy (non-hydrogen) atoms. The van der Waals surface area contributed by atoms with Crippen LogP contribution in [0.1, 0.15) is 12.5 Å². The van der Waals surface area contributed by atoms with E-state index in [1.54, 1.807) is 13.1 Å². The highest BCUT2D eigenvalue weighted by molar-refractivity contribution is 9.11. The number of hydrogen-bond donors (Lipinski definition) is 0. The Bertz CT molecular complexity index is 448. The summed E-state index contributed by atoms with van der Waals surface area (Å²) in [6.07, 6.45) is 0. The van der Waals surface area contributed by atoms with Crippen LogP contribution in [0.3, 0.4) is 0 Å². The fraction of sp³-hybridized carbons (Fsp3) is 0.556. The van der Waals surface area contributed by atoms with Crippen molar-refractivity contribution in [3.05, 3.63) is 15.4 Å². The van der Waals surface area contributed by atoms with Crippen molar-refractivity contribution < 1.29 is 8.42 Å². The van der Waals surface area contributed by atoms with Gasteiger partial charge >= 0.3 is 0 Å². The van der Waals surface area contributed by atoms with Crippen molar-refractivity contribution in [2.75, 3.05) is 13.6 Å². The first kappa shape index (κ1) is 14.6. The zero-order valence-corrected chi connectivity index (χ0v) is 14.0. The van der Waals surface area contributed by atoms with Crippen molar-refractivity contribution in [2.24, 2.45) is 0 Å². The molecule has 0 fully saturated rings. The lowest BCUT2D eigenvalue weighted by Crippen LogP contribution is -2.30. The summed E-state index contributed by atoms with van der Waals surface area (Å²) in [7, 11) is -1.75. The molecule has 1 atom stereocenters. The lowest BCUT2D eigenvalue weighted by atomic mass is 10.4. The lowest BCUT2D eigenvalue weighted by Gasteiger charge is -2.17. The van der Waals surface area contributed by atoms with Crippen molar-refractivity contribution in [3.8, 4) is 0 Å². The van der Waals surface area contributed by atoms with E-state index < -0.39 is 10.0 Å². The maximum Gasteiger partial charge on any atom is 0.252 e. The molecule has 0 saturated carbocycles. The van der Waals surface area contributed by atoms with E-state index >= 15 is 0 Å². The molecule has 1 aromatic heterocycles. The monoisotopic (exact) mass is 389 g/mol. The van der Waals surface area contributed by atoms with Gasteiger partial charge in [-0.1, -0.05) is 22.9 Å². The average molecular weight is 391 g/mol. The van der Waals surface area contributed by atoms with Gasteiger partial charge in [0.2, 0.25) is 0 Å². The van der Waals surface area contributed by atoms with Crippen LogP contribution in [-0.4, -0.2) is 31.1 Å². The first-order valence-corrected chi connectivity index (χ1v) is 8.58. The van der Waals surface area contributed by atoms with Crippen LogP contribution in [0.4, 0.5) is 0 Å². The zero-order valence-electron chi connectivity index (χ0n) is 9.20. The summed E-state index contributed by atoms with van der Waals surface area (Å²) in [5, 5.41) is 0. The van der Waals surface area contributed by atoms with E-state index in [0.29, 0.717) is 10.8 Å². The number of aryl methyl sites for hydroxylation is 1. The van der Waals surface area contributed by atoms with Crippen LogP contribution in [0.5, 0.6) is 0 Å². The normalized spacial score (nSPS) is 14.4. The minimum Gasteiger partial charge on any atom is -0.206 e. The van der Waals surface area contributed by atoms with Crippen LogP contribution < -0.4 is 0 Å². The van der Waals surface area contributed by atoms with Crippen LogP contribution >= 0.6 is 43.2 Å². The molecule has 3 nitrogen and oxygen atoms in total.